The predicted molar refractivity (Wildman–Crippen MR) is 85.8 cm³/mol. The van der Waals surface area contributed by atoms with Crippen LogP contribution in [0.25, 0.3) is 0 Å². The summed E-state index contributed by atoms with van der Waals surface area (Å²) in [5.74, 6) is -0.129. The van der Waals surface area contributed by atoms with Gasteiger partial charge in [-0.25, -0.2) is 9.78 Å². The van der Waals surface area contributed by atoms with Gasteiger partial charge in [0.05, 0.1) is 7.11 Å². The summed E-state index contributed by atoms with van der Waals surface area (Å²) in [6, 6.07) is 1.66. The fourth-order valence-corrected chi connectivity index (χ4v) is 2.37. The van der Waals surface area contributed by atoms with Crippen LogP contribution in [0.4, 0.5) is 0 Å². The maximum Gasteiger partial charge on any atom is 0.343 e. The van der Waals surface area contributed by atoms with Gasteiger partial charge in [0.25, 0.3) is 0 Å². The van der Waals surface area contributed by atoms with Crippen LogP contribution in [-0.2, 0) is 4.74 Å². The van der Waals surface area contributed by atoms with Crippen LogP contribution in [0.5, 0.6) is 5.88 Å². The van der Waals surface area contributed by atoms with Crippen LogP contribution in [0.1, 0.15) is 37.0 Å². The largest absolute Gasteiger partial charge is 0.476 e. The SMILES string of the molecule is CCCN(CCC)CCOc1ncc(Br)cc1C(=O)OC. The molecule has 5 nitrogen and oxygen atoms in total. The number of carbonyl (C=O) groups excluding carboxylic acids is 1. The first-order chi connectivity index (χ1) is 10.1. The summed E-state index contributed by atoms with van der Waals surface area (Å²) in [6.45, 7) is 7.74. The highest BCUT2D eigenvalue weighted by Crippen LogP contribution is 2.20. The monoisotopic (exact) mass is 358 g/mol. The second-order valence-electron chi connectivity index (χ2n) is 4.69. The number of halogens is 1. The standard InChI is InChI=1S/C15H23BrN2O3/c1-4-6-18(7-5-2)8-9-21-14-13(15(19)20-3)10-12(16)11-17-14/h10-11H,4-9H2,1-3H3. The maximum atomic E-state index is 11.7. The molecule has 0 bridgehead atoms. The van der Waals surface area contributed by atoms with Crippen molar-refractivity contribution in [2.24, 2.45) is 0 Å². The zero-order valence-electron chi connectivity index (χ0n) is 12.9. The molecule has 6 heteroatoms. The Hall–Kier alpha value is -1.14. The Labute approximate surface area is 134 Å². The van der Waals surface area contributed by atoms with E-state index in [9.17, 15) is 4.79 Å². The third-order valence-electron chi connectivity index (χ3n) is 2.95. The zero-order valence-corrected chi connectivity index (χ0v) is 14.5. The second-order valence-corrected chi connectivity index (χ2v) is 5.60. The van der Waals surface area contributed by atoms with Crippen LogP contribution in [0.3, 0.4) is 0 Å². The van der Waals surface area contributed by atoms with Crippen molar-refractivity contribution in [2.45, 2.75) is 26.7 Å². The smallest absolute Gasteiger partial charge is 0.343 e. The van der Waals surface area contributed by atoms with E-state index >= 15 is 0 Å². The molecule has 0 amide bonds. The summed E-state index contributed by atoms with van der Waals surface area (Å²) in [5, 5.41) is 0. The molecular weight excluding hydrogens is 336 g/mol. The van der Waals surface area contributed by atoms with E-state index in [1.165, 1.54) is 7.11 Å². The minimum absolute atomic E-state index is 0.318. The first kappa shape index (κ1) is 17.9. The Morgan fingerprint density at radius 2 is 1.95 bits per heavy atom. The summed E-state index contributed by atoms with van der Waals surface area (Å²) in [6.07, 6.45) is 3.84. The van der Waals surface area contributed by atoms with Crippen LogP contribution in [0.2, 0.25) is 0 Å². The number of carbonyl (C=O) groups is 1. The van der Waals surface area contributed by atoms with Crippen LogP contribution in [-0.4, -0.2) is 49.2 Å². The van der Waals surface area contributed by atoms with Gasteiger partial charge in [-0.1, -0.05) is 13.8 Å². The fourth-order valence-electron chi connectivity index (χ4n) is 2.04. The van der Waals surface area contributed by atoms with E-state index in [1.807, 2.05) is 0 Å². The normalized spacial score (nSPS) is 10.7. The Morgan fingerprint density at radius 1 is 1.29 bits per heavy atom. The highest BCUT2D eigenvalue weighted by atomic mass is 79.9. The molecule has 0 aromatic carbocycles. The van der Waals surface area contributed by atoms with Crippen molar-refractivity contribution in [3.8, 4) is 5.88 Å². The van der Waals surface area contributed by atoms with Gasteiger partial charge in [0.1, 0.15) is 12.2 Å². The molecule has 1 rings (SSSR count). The molecule has 0 spiro atoms. The van der Waals surface area contributed by atoms with Gasteiger partial charge in [-0.15, -0.1) is 0 Å². The Kier molecular flexibility index (Phi) is 8.30. The lowest BCUT2D eigenvalue weighted by Crippen LogP contribution is -2.30. The number of nitrogens with zero attached hydrogens (tertiary/aromatic N) is 2. The molecule has 118 valence electrons. The average Bonchev–Trinajstić information content (AvgIpc) is 2.48. The van der Waals surface area contributed by atoms with Crippen molar-refractivity contribution in [3.63, 3.8) is 0 Å². The molecule has 0 N–H and O–H groups in total. The van der Waals surface area contributed by atoms with E-state index in [-0.39, 0.29) is 0 Å². The molecule has 0 atom stereocenters. The van der Waals surface area contributed by atoms with Crippen LogP contribution in [0.15, 0.2) is 16.7 Å². The van der Waals surface area contributed by atoms with E-state index in [0.717, 1.165) is 32.5 Å². The van der Waals surface area contributed by atoms with Gasteiger partial charge in [0.2, 0.25) is 5.88 Å². The lowest BCUT2D eigenvalue weighted by atomic mass is 10.3. The Morgan fingerprint density at radius 3 is 2.52 bits per heavy atom. The molecule has 0 saturated carbocycles. The molecule has 1 aromatic heterocycles. The quantitative estimate of drug-likeness (QED) is 0.634. The minimum atomic E-state index is -0.447. The summed E-state index contributed by atoms with van der Waals surface area (Å²) in [4.78, 5) is 18.2. The molecule has 0 aliphatic heterocycles. The number of hydrogen-bond acceptors (Lipinski definition) is 5. The molecule has 1 aromatic rings. The number of esters is 1. The van der Waals surface area contributed by atoms with E-state index in [0.29, 0.717) is 22.5 Å². The third kappa shape index (κ3) is 6.01. The van der Waals surface area contributed by atoms with Gasteiger partial charge >= 0.3 is 5.97 Å². The summed E-state index contributed by atoms with van der Waals surface area (Å²) in [7, 11) is 1.34. The summed E-state index contributed by atoms with van der Waals surface area (Å²) >= 11 is 3.29. The summed E-state index contributed by atoms with van der Waals surface area (Å²) in [5.41, 5.74) is 0.337. The van der Waals surface area contributed by atoms with Crippen molar-refractivity contribution >= 4 is 21.9 Å². The van der Waals surface area contributed by atoms with Crippen molar-refractivity contribution in [1.82, 2.24) is 9.88 Å². The maximum absolute atomic E-state index is 11.7. The van der Waals surface area contributed by atoms with Crippen molar-refractivity contribution in [1.29, 1.82) is 0 Å². The van der Waals surface area contributed by atoms with Crippen molar-refractivity contribution < 1.29 is 14.3 Å². The van der Waals surface area contributed by atoms with Gasteiger partial charge in [0.15, 0.2) is 0 Å². The van der Waals surface area contributed by atoms with E-state index in [1.54, 1.807) is 12.3 Å². The van der Waals surface area contributed by atoms with Crippen molar-refractivity contribution in [3.05, 3.63) is 22.3 Å². The minimum Gasteiger partial charge on any atom is -0.476 e. The fraction of sp³-hybridized carbons (Fsp3) is 0.600. The second kappa shape index (κ2) is 9.73. The van der Waals surface area contributed by atoms with Gasteiger partial charge in [0, 0.05) is 17.2 Å². The third-order valence-corrected chi connectivity index (χ3v) is 3.38. The molecule has 0 aliphatic carbocycles. The number of pyridine rings is 1. The summed E-state index contributed by atoms with van der Waals surface area (Å²) < 4.78 is 11.1. The predicted octanol–water partition coefficient (Wildman–Crippen LogP) is 3.13. The Bertz CT molecular complexity index is 449. The van der Waals surface area contributed by atoms with Gasteiger partial charge in [-0.3, -0.25) is 4.90 Å². The molecule has 0 radical (unpaired) electrons. The van der Waals surface area contributed by atoms with E-state index in [2.05, 4.69) is 39.7 Å². The molecule has 0 saturated heterocycles. The zero-order chi connectivity index (χ0) is 15.7. The van der Waals surface area contributed by atoms with E-state index in [4.69, 9.17) is 9.47 Å². The highest BCUT2D eigenvalue weighted by molar-refractivity contribution is 9.10. The van der Waals surface area contributed by atoms with Crippen LogP contribution >= 0.6 is 15.9 Å². The number of methoxy groups -OCH3 is 1. The first-order valence-electron chi connectivity index (χ1n) is 7.21. The van der Waals surface area contributed by atoms with Gasteiger partial charge < -0.3 is 9.47 Å². The first-order valence-corrected chi connectivity index (χ1v) is 8.00. The van der Waals surface area contributed by atoms with Crippen LogP contribution in [0, 0.1) is 0 Å². The molecule has 0 unspecified atom stereocenters. The lowest BCUT2D eigenvalue weighted by Gasteiger charge is -2.21. The number of ether oxygens (including phenoxy) is 2. The molecular formula is C15H23BrN2O3. The average molecular weight is 359 g/mol. The molecule has 1 heterocycles. The van der Waals surface area contributed by atoms with Gasteiger partial charge in [-0.2, -0.15) is 0 Å². The van der Waals surface area contributed by atoms with Crippen LogP contribution < -0.4 is 4.74 Å². The number of aromatic nitrogens is 1. The Balaban J connectivity index is 2.64. The lowest BCUT2D eigenvalue weighted by molar-refractivity contribution is 0.0594. The number of hydrogen-bond donors (Lipinski definition) is 0. The van der Waals surface area contributed by atoms with Crippen molar-refractivity contribution in [2.75, 3.05) is 33.4 Å². The number of rotatable bonds is 9. The van der Waals surface area contributed by atoms with Gasteiger partial charge in [-0.05, 0) is 47.9 Å². The van der Waals surface area contributed by atoms with E-state index < -0.39 is 5.97 Å². The topological polar surface area (TPSA) is 51.7 Å². The molecule has 0 fully saturated rings. The molecule has 0 aliphatic rings. The highest BCUT2D eigenvalue weighted by Gasteiger charge is 2.15. The molecule has 21 heavy (non-hydrogen) atoms.